The van der Waals surface area contributed by atoms with Gasteiger partial charge in [0, 0.05) is 34.7 Å². The maximum atomic E-state index is 13.4. The van der Waals surface area contributed by atoms with Crippen molar-refractivity contribution in [2.45, 2.75) is 71.5 Å². The van der Waals surface area contributed by atoms with Gasteiger partial charge in [0.2, 0.25) is 0 Å². The summed E-state index contributed by atoms with van der Waals surface area (Å²) in [6.45, 7) is 8.09. The van der Waals surface area contributed by atoms with Crippen molar-refractivity contribution >= 4 is 11.6 Å². The average molecular weight is 466 g/mol. The molecule has 4 N–H and O–H groups in total. The Morgan fingerprint density at radius 1 is 1.03 bits per heavy atom. The second-order valence-corrected chi connectivity index (χ2v) is 10.7. The van der Waals surface area contributed by atoms with Crippen LogP contribution in [0.15, 0.2) is 24.3 Å². The number of ether oxygens (including phenoxy) is 2. The van der Waals surface area contributed by atoms with Gasteiger partial charge in [0.05, 0.1) is 23.3 Å². The molecule has 0 aromatic heterocycles. The minimum atomic E-state index is -0.632. The minimum absolute atomic E-state index is 0.0916. The fraction of sp³-hybridized carbons (Fsp3) is 0.481. The number of rotatable bonds is 2. The molecule has 2 aliphatic carbocycles. The maximum Gasteiger partial charge on any atom is 0.198 e. The topological polar surface area (TPSA) is 119 Å². The van der Waals surface area contributed by atoms with Crippen LogP contribution in [0.2, 0.25) is 0 Å². The van der Waals surface area contributed by atoms with E-state index in [4.69, 9.17) is 15.2 Å². The molecule has 3 aliphatic rings. The van der Waals surface area contributed by atoms with E-state index in [1.165, 1.54) is 0 Å². The van der Waals surface area contributed by atoms with E-state index in [2.05, 4.69) is 0 Å². The van der Waals surface area contributed by atoms with Crippen LogP contribution in [0.25, 0.3) is 0 Å². The van der Waals surface area contributed by atoms with Crippen LogP contribution in [-0.4, -0.2) is 40.2 Å². The third-order valence-corrected chi connectivity index (χ3v) is 7.74. The Morgan fingerprint density at radius 3 is 2.21 bits per heavy atom. The fourth-order valence-corrected chi connectivity index (χ4v) is 5.65. The zero-order valence-corrected chi connectivity index (χ0v) is 19.9. The molecule has 0 spiro atoms. The third kappa shape index (κ3) is 3.45. The first-order valence-corrected chi connectivity index (χ1v) is 11.9. The number of carbonyl (C=O) groups excluding carboxylic acids is 2. The molecule has 1 heterocycles. The summed E-state index contributed by atoms with van der Waals surface area (Å²) in [5, 5.41) is 22.7. The molecule has 0 bridgehead atoms. The maximum absolute atomic E-state index is 13.4. The Hall–Kier alpha value is -2.74. The molecule has 5 rings (SSSR count). The van der Waals surface area contributed by atoms with Gasteiger partial charge >= 0.3 is 0 Å². The van der Waals surface area contributed by atoms with Crippen LogP contribution in [0.4, 0.5) is 0 Å². The van der Waals surface area contributed by atoms with E-state index < -0.39 is 24.0 Å². The SMILES string of the molecule is CC1OC(OC2CC(C)(C)Cc3c(O)c4c(c(O)c32)C(=O)c2ccccc2C4=O)CC(N)C1C. The first-order chi connectivity index (χ1) is 16.0. The largest absolute Gasteiger partial charge is 0.507 e. The zero-order valence-electron chi connectivity index (χ0n) is 19.9. The smallest absolute Gasteiger partial charge is 0.198 e. The van der Waals surface area contributed by atoms with Crippen LogP contribution < -0.4 is 5.73 Å². The predicted molar refractivity (Wildman–Crippen MR) is 125 cm³/mol. The summed E-state index contributed by atoms with van der Waals surface area (Å²) < 4.78 is 12.4. The van der Waals surface area contributed by atoms with Gasteiger partial charge < -0.3 is 25.4 Å². The number of hydrogen-bond acceptors (Lipinski definition) is 7. The number of aromatic hydroxyl groups is 2. The van der Waals surface area contributed by atoms with Gasteiger partial charge in [-0.15, -0.1) is 0 Å². The van der Waals surface area contributed by atoms with E-state index in [1.807, 2.05) is 27.7 Å². The second kappa shape index (κ2) is 7.90. The van der Waals surface area contributed by atoms with Gasteiger partial charge in [0.25, 0.3) is 0 Å². The van der Waals surface area contributed by atoms with E-state index in [-0.39, 0.29) is 57.2 Å². The van der Waals surface area contributed by atoms with E-state index in [9.17, 15) is 19.8 Å². The molecule has 34 heavy (non-hydrogen) atoms. The van der Waals surface area contributed by atoms with Crippen LogP contribution in [0, 0.1) is 11.3 Å². The van der Waals surface area contributed by atoms with Crippen molar-refractivity contribution in [3.63, 3.8) is 0 Å². The van der Waals surface area contributed by atoms with E-state index in [0.717, 1.165) is 0 Å². The Balaban J connectivity index is 1.63. The molecule has 0 radical (unpaired) electrons. The molecule has 2 aromatic rings. The Morgan fingerprint density at radius 2 is 1.62 bits per heavy atom. The number of ketones is 2. The van der Waals surface area contributed by atoms with Crippen molar-refractivity contribution in [1.29, 1.82) is 0 Å². The highest BCUT2D eigenvalue weighted by Crippen LogP contribution is 2.53. The summed E-state index contributed by atoms with van der Waals surface area (Å²) in [4.78, 5) is 26.6. The molecule has 180 valence electrons. The lowest BCUT2D eigenvalue weighted by Crippen LogP contribution is -2.47. The first kappa shape index (κ1) is 23.0. The number of hydrogen-bond donors (Lipinski definition) is 3. The molecule has 2 aromatic carbocycles. The van der Waals surface area contributed by atoms with Crippen molar-refractivity contribution in [3.05, 3.63) is 57.6 Å². The summed E-state index contributed by atoms with van der Waals surface area (Å²) in [6, 6.07) is 6.38. The highest BCUT2D eigenvalue weighted by Gasteiger charge is 2.45. The Labute approximate surface area is 198 Å². The number of fused-ring (bicyclic) bond motifs is 3. The summed E-state index contributed by atoms with van der Waals surface area (Å²) >= 11 is 0. The second-order valence-electron chi connectivity index (χ2n) is 10.7. The van der Waals surface area contributed by atoms with Crippen molar-refractivity contribution in [2.75, 3.05) is 0 Å². The van der Waals surface area contributed by atoms with Crippen LogP contribution in [0.1, 0.15) is 89.6 Å². The van der Waals surface area contributed by atoms with Crippen LogP contribution in [-0.2, 0) is 15.9 Å². The van der Waals surface area contributed by atoms with Gasteiger partial charge in [0.15, 0.2) is 17.9 Å². The van der Waals surface area contributed by atoms with Crippen LogP contribution in [0.3, 0.4) is 0 Å². The van der Waals surface area contributed by atoms with Gasteiger partial charge in [0.1, 0.15) is 11.5 Å². The number of phenolic OH excluding ortho intramolecular Hbond substituents is 2. The normalized spacial score (nSPS) is 29.9. The molecule has 1 saturated heterocycles. The first-order valence-electron chi connectivity index (χ1n) is 11.9. The minimum Gasteiger partial charge on any atom is -0.507 e. The van der Waals surface area contributed by atoms with Crippen molar-refractivity contribution < 1.29 is 29.3 Å². The number of nitrogens with two attached hydrogens (primary N) is 1. The molecule has 7 heteroatoms. The van der Waals surface area contributed by atoms with Crippen molar-refractivity contribution in [2.24, 2.45) is 17.1 Å². The monoisotopic (exact) mass is 465 g/mol. The number of carbonyl (C=O) groups is 2. The Bertz CT molecular complexity index is 1190. The third-order valence-electron chi connectivity index (χ3n) is 7.74. The van der Waals surface area contributed by atoms with E-state index in [0.29, 0.717) is 30.4 Å². The lowest BCUT2D eigenvalue weighted by Gasteiger charge is -2.42. The van der Waals surface area contributed by atoms with Crippen LogP contribution in [0.5, 0.6) is 11.5 Å². The Kier molecular flexibility index (Phi) is 5.35. The molecule has 0 amide bonds. The summed E-state index contributed by atoms with van der Waals surface area (Å²) in [5.74, 6) is -1.31. The van der Waals surface area contributed by atoms with Gasteiger partial charge in [-0.05, 0) is 31.1 Å². The van der Waals surface area contributed by atoms with Crippen LogP contribution >= 0.6 is 0 Å². The lowest BCUT2D eigenvalue weighted by atomic mass is 9.69. The van der Waals surface area contributed by atoms with E-state index >= 15 is 0 Å². The van der Waals surface area contributed by atoms with Crippen molar-refractivity contribution in [3.8, 4) is 11.5 Å². The predicted octanol–water partition coefficient (Wildman–Crippen LogP) is 4.00. The molecule has 5 atom stereocenters. The average Bonchev–Trinajstić information content (AvgIpc) is 2.77. The van der Waals surface area contributed by atoms with Crippen molar-refractivity contribution in [1.82, 2.24) is 0 Å². The highest BCUT2D eigenvalue weighted by atomic mass is 16.7. The van der Waals surface area contributed by atoms with Gasteiger partial charge in [-0.3, -0.25) is 9.59 Å². The molecule has 0 saturated carbocycles. The molecule has 1 fully saturated rings. The molecular formula is C27H31NO6. The van der Waals surface area contributed by atoms with E-state index in [1.54, 1.807) is 24.3 Å². The number of phenols is 2. The van der Waals surface area contributed by atoms with Gasteiger partial charge in [-0.25, -0.2) is 0 Å². The highest BCUT2D eigenvalue weighted by molar-refractivity contribution is 6.30. The summed E-state index contributed by atoms with van der Waals surface area (Å²) in [5.41, 5.74) is 6.98. The number of benzene rings is 2. The summed E-state index contributed by atoms with van der Waals surface area (Å²) in [7, 11) is 0. The quantitative estimate of drug-likeness (QED) is 0.489. The fourth-order valence-electron chi connectivity index (χ4n) is 5.65. The van der Waals surface area contributed by atoms with Gasteiger partial charge in [-0.2, -0.15) is 0 Å². The zero-order chi connectivity index (χ0) is 24.5. The molecule has 1 aliphatic heterocycles. The standard InChI is InChI=1S/C27H31NO6/c1-12-13(2)33-19(9-17(12)28)34-18-11-27(3,4)10-16-20(18)26(32)22-21(25(16)31)23(29)14-7-5-6-8-15(14)24(22)30/h5-8,12-13,17-19,31-32H,9-11,28H2,1-4H3. The summed E-state index contributed by atoms with van der Waals surface area (Å²) in [6.07, 6.45) is 0.169. The molecule has 7 nitrogen and oxygen atoms in total. The molecular weight excluding hydrogens is 434 g/mol. The lowest BCUT2D eigenvalue weighted by molar-refractivity contribution is -0.233. The van der Waals surface area contributed by atoms with Gasteiger partial charge in [-0.1, -0.05) is 45.0 Å². The molecule has 5 unspecified atom stereocenters.